The summed E-state index contributed by atoms with van der Waals surface area (Å²) in [5.41, 5.74) is 3.88. The highest BCUT2D eigenvalue weighted by Gasteiger charge is 2.58. The second-order valence-electron chi connectivity index (χ2n) is 16.4. The number of imide groups is 3. The number of phenols is 1. The fourth-order valence-electron chi connectivity index (χ4n) is 9.34. The second-order valence-corrected chi connectivity index (χ2v) is 20.7. The molecule has 0 unspecified atom stereocenters. The normalized spacial score (nSPS) is 19.3. The minimum atomic E-state index is -3.12. The van der Waals surface area contributed by atoms with Crippen LogP contribution in [-0.4, -0.2) is 72.9 Å². The Hall–Kier alpha value is -5.65. The number of amides is 3. The molecule has 59 heavy (non-hydrogen) atoms. The Morgan fingerprint density at radius 2 is 1.41 bits per heavy atom. The van der Waals surface area contributed by atoms with Crippen molar-refractivity contribution in [1.82, 2.24) is 4.90 Å². The van der Waals surface area contributed by atoms with Gasteiger partial charge in [0, 0.05) is 11.3 Å². The van der Waals surface area contributed by atoms with Crippen LogP contribution >= 0.6 is 0 Å². The summed E-state index contributed by atoms with van der Waals surface area (Å²) in [7, 11) is -2.01. The van der Waals surface area contributed by atoms with Gasteiger partial charge in [0.2, 0.25) is 11.8 Å². The van der Waals surface area contributed by atoms with E-state index in [0.717, 1.165) is 45.0 Å². The monoisotopic (exact) mass is 809 g/mol. The number of allylic oxidation sites excluding steroid dienone is 1. The molecule has 0 saturated carbocycles. The third-order valence-corrected chi connectivity index (χ3v) is 17.1. The van der Waals surface area contributed by atoms with E-state index in [1.54, 1.807) is 6.07 Å². The van der Waals surface area contributed by atoms with E-state index >= 15 is 0 Å². The van der Waals surface area contributed by atoms with Gasteiger partial charge in [0.25, 0.3) is 8.32 Å². The molecule has 3 N–H and O–H groups in total. The fourth-order valence-corrected chi connectivity index (χ4v) is 13.9. The Labute approximate surface area is 346 Å². The lowest BCUT2D eigenvalue weighted by Gasteiger charge is -2.44. The summed E-state index contributed by atoms with van der Waals surface area (Å²) in [6, 6.07) is 41.4. The summed E-state index contributed by atoms with van der Waals surface area (Å²) in [6.07, 6.45) is 0.525. The van der Waals surface area contributed by atoms with Crippen LogP contribution in [0.2, 0.25) is 5.04 Å². The molecule has 1 aliphatic carbocycles. The first-order valence-corrected chi connectivity index (χ1v) is 22.0. The lowest BCUT2D eigenvalue weighted by atomic mass is 9.68. The number of carbonyl (C=O) groups excluding carboxylic acids is 3. The van der Waals surface area contributed by atoms with Crippen molar-refractivity contribution in [3.63, 3.8) is 0 Å². The van der Waals surface area contributed by atoms with Crippen LogP contribution in [0.5, 0.6) is 5.75 Å². The molecule has 1 fully saturated rings. The van der Waals surface area contributed by atoms with E-state index in [1.807, 2.05) is 97.1 Å². The van der Waals surface area contributed by atoms with E-state index in [1.165, 1.54) is 0 Å². The van der Waals surface area contributed by atoms with Gasteiger partial charge < -0.3 is 24.5 Å². The molecule has 0 aromatic heterocycles. The molecule has 5 aromatic carbocycles. The van der Waals surface area contributed by atoms with E-state index in [-0.39, 0.29) is 30.2 Å². The molecule has 10 heteroatoms. The Morgan fingerprint density at radius 1 is 0.831 bits per heavy atom. The largest absolute Gasteiger partial charge is 0.507 e. The Balaban J connectivity index is 1.32. The maximum atomic E-state index is 13.9. The molecule has 0 bridgehead atoms. The highest BCUT2D eigenvalue weighted by molar-refractivity contribution is 6.99. The highest BCUT2D eigenvalue weighted by Crippen LogP contribution is 2.48. The van der Waals surface area contributed by atoms with Crippen LogP contribution in [0.3, 0.4) is 0 Å². The van der Waals surface area contributed by atoms with E-state index in [9.17, 15) is 29.7 Å². The maximum absolute atomic E-state index is 13.9. The summed E-state index contributed by atoms with van der Waals surface area (Å²) in [5.74, 6) is -4.22. The van der Waals surface area contributed by atoms with Crippen LogP contribution in [0.4, 0.5) is 4.79 Å². The molecule has 9 nitrogen and oxygen atoms in total. The number of benzene rings is 5. The summed E-state index contributed by atoms with van der Waals surface area (Å²) < 4.78 is 12.2. The predicted octanol–water partition coefficient (Wildman–Crippen LogP) is 7.48. The van der Waals surface area contributed by atoms with E-state index in [2.05, 4.69) is 51.1 Å². The number of fused-ring (bicyclic) bond motifs is 2. The van der Waals surface area contributed by atoms with Gasteiger partial charge in [-0.3, -0.25) is 9.59 Å². The van der Waals surface area contributed by atoms with Crippen molar-refractivity contribution in [2.75, 3.05) is 20.3 Å². The molecule has 1 saturated heterocycles. The van der Waals surface area contributed by atoms with Crippen LogP contribution in [0.15, 0.2) is 139 Å². The number of carbonyl (C=O) groups is 3. The number of likely N-dealkylation sites (tertiary alicyclic amines) is 1. The standard InChI is InChI=1S/C49H51NO8Si/c1-49(2,3)59(36-18-10-6-11-19-36,37-20-12-7-13-21-37)58-31-35-29-40-45(47(55)50(46(40)54)48(56)57-4)41(30-51)44(35)43(53)27-24-33(32-16-8-5-9-17-32)28-34-25-26-42(52)39-23-15-14-22-38(34)39/h5-23,25-26,28,40-41,43,45,51-53H,24,27,29-31H2,1-4H3/b33-28-/t40-,41+,43-,45-/m1/s1. The maximum Gasteiger partial charge on any atom is 0.423 e. The zero-order chi connectivity index (χ0) is 41.9. The number of nitrogens with zero attached hydrogens (tertiary/aromatic N) is 1. The van der Waals surface area contributed by atoms with Crippen molar-refractivity contribution in [2.24, 2.45) is 17.8 Å². The first kappa shape index (κ1) is 41.5. The van der Waals surface area contributed by atoms with Crippen LogP contribution in [0.1, 0.15) is 51.2 Å². The number of hydrogen-bond acceptors (Lipinski definition) is 8. The molecule has 5 aromatic rings. The number of ether oxygens (including phenoxy) is 1. The Bertz CT molecular complexity index is 2350. The molecule has 304 valence electrons. The lowest BCUT2D eigenvalue weighted by molar-refractivity contribution is -0.137. The molecular weight excluding hydrogens is 759 g/mol. The number of aliphatic hydroxyl groups is 2. The number of phenolic OH excluding ortho intramolecular Hbond substituents is 1. The molecular formula is C49H51NO8Si. The van der Waals surface area contributed by atoms with Crippen LogP contribution in [0.25, 0.3) is 22.4 Å². The summed E-state index contributed by atoms with van der Waals surface area (Å²) in [4.78, 5) is 41.2. The second kappa shape index (κ2) is 17.3. The van der Waals surface area contributed by atoms with E-state index in [4.69, 9.17) is 9.16 Å². The van der Waals surface area contributed by atoms with Crippen molar-refractivity contribution < 1.29 is 38.9 Å². The number of methoxy groups -OCH3 is 1. The smallest absolute Gasteiger partial charge is 0.423 e. The molecule has 0 spiro atoms. The van der Waals surface area contributed by atoms with Crippen molar-refractivity contribution in [3.8, 4) is 5.75 Å². The zero-order valence-corrected chi connectivity index (χ0v) is 34.9. The Kier molecular flexibility index (Phi) is 12.2. The van der Waals surface area contributed by atoms with E-state index < -0.39 is 56.7 Å². The van der Waals surface area contributed by atoms with Gasteiger partial charge in [0.15, 0.2) is 0 Å². The molecule has 1 aliphatic heterocycles. The lowest BCUT2D eigenvalue weighted by Crippen LogP contribution is -2.66. The van der Waals surface area contributed by atoms with Gasteiger partial charge in [0.1, 0.15) is 5.75 Å². The van der Waals surface area contributed by atoms with Crippen LogP contribution in [-0.2, 0) is 18.8 Å². The SMILES string of the molecule is COC(=O)N1C(=O)[C@@H]2[C@@H](CC(CO[Si](c3ccccc3)(c3ccccc3)C(C)(C)C)=C([C@H](O)CC/C(=C/c3ccc(O)c4ccccc34)c3ccccc3)[C@@H]2CO)C1=O. The zero-order valence-electron chi connectivity index (χ0n) is 33.9. The van der Waals surface area contributed by atoms with Crippen molar-refractivity contribution in [3.05, 3.63) is 150 Å². The van der Waals surface area contributed by atoms with Gasteiger partial charge >= 0.3 is 6.09 Å². The van der Waals surface area contributed by atoms with Crippen molar-refractivity contribution in [2.45, 2.75) is 51.2 Å². The number of aromatic hydroxyl groups is 1. The van der Waals surface area contributed by atoms with E-state index in [0.29, 0.717) is 22.5 Å². The average molecular weight is 810 g/mol. The van der Waals surface area contributed by atoms with Crippen LogP contribution in [0, 0.1) is 17.8 Å². The Morgan fingerprint density at radius 3 is 1.98 bits per heavy atom. The van der Waals surface area contributed by atoms with Gasteiger partial charge in [-0.15, -0.1) is 0 Å². The molecule has 4 atom stereocenters. The molecule has 2 aliphatic rings. The highest BCUT2D eigenvalue weighted by atomic mass is 28.4. The minimum Gasteiger partial charge on any atom is -0.507 e. The van der Waals surface area contributed by atoms with Gasteiger partial charge in [-0.1, -0.05) is 148 Å². The predicted molar refractivity (Wildman–Crippen MR) is 232 cm³/mol. The number of rotatable bonds is 12. The summed E-state index contributed by atoms with van der Waals surface area (Å²) in [5, 5.41) is 37.5. The third-order valence-electron chi connectivity index (χ3n) is 12.1. The van der Waals surface area contributed by atoms with Crippen molar-refractivity contribution >= 4 is 59.0 Å². The molecule has 3 amide bonds. The molecule has 1 heterocycles. The molecule has 0 radical (unpaired) electrons. The topological polar surface area (TPSA) is 134 Å². The van der Waals surface area contributed by atoms with Gasteiger partial charge in [-0.05, 0) is 74.0 Å². The molecule has 7 rings (SSSR count). The first-order valence-electron chi connectivity index (χ1n) is 20.1. The average Bonchev–Trinajstić information content (AvgIpc) is 3.51. The summed E-state index contributed by atoms with van der Waals surface area (Å²) in [6.45, 7) is 5.99. The quantitative estimate of drug-likeness (QED) is 0.0512. The first-order chi connectivity index (χ1) is 28.4. The number of hydrogen-bond donors (Lipinski definition) is 3. The number of aliphatic hydroxyl groups excluding tert-OH is 2. The third kappa shape index (κ3) is 7.81. The van der Waals surface area contributed by atoms with Gasteiger partial charge in [0.05, 0.1) is 38.3 Å². The van der Waals surface area contributed by atoms with Gasteiger partial charge in [-0.25, -0.2) is 4.79 Å². The fraction of sp³-hybridized carbons (Fsp3) is 0.286. The van der Waals surface area contributed by atoms with Gasteiger partial charge in [-0.2, -0.15) is 4.90 Å². The minimum absolute atomic E-state index is 0.0277. The summed E-state index contributed by atoms with van der Waals surface area (Å²) >= 11 is 0. The van der Waals surface area contributed by atoms with Crippen molar-refractivity contribution in [1.29, 1.82) is 0 Å². The van der Waals surface area contributed by atoms with Crippen LogP contribution < -0.4 is 10.4 Å².